The summed E-state index contributed by atoms with van der Waals surface area (Å²) >= 11 is 0. The Bertz CT molecular complexity index is 1140. The highest BCUT2D eigenvalue weighted by Gasteiger charge is 2.37. The lowest BCUT2D eigenvalue weighted by molar-refractivity contribution is -0.143. The summed E-state index contributed by atoms with van der Waals surface area (Å²) in [5.41, 5.74) is 2.00. The smallest absolute Gasteiger partial charge is 0.408 e. The van der Waals surface area contributed by atoms with Crippen molar-refractivity contribution in [2.75, 3.05) is 6.54 Å². The number of carbonyl (C=O) groups is 3. The molecule has 230 valence electrons. The molecule has 0 spiro atoms. The maximum atomic E-state index is 14.6. The number of ether oxygens (including phenoxy) is 1. The molecule has 0 heterocycles. The van der Waals surface area contributed by atoms with Crippen LogP contribution in [0.3, 0.4) is 0 Å². The number of carbonyl (C=O) groups excluding carboxylic acids is 3. The quantitative estimate of drug-likeness (QED) is 0.250. The zero-order valence-electron chi connectivity index (χ0n) is 26.3. The average molecular weight is 578 g/mol. The second kappa shape index (κ2) is 16.3. The molecule has 0 bridgehead atoms. The summed E-state index contributed by atoms with van der Waals surface area (Å²) < 4.78 is 5.56. The van der Waals surface area contributed by atoms with Crippen LogP contribution >= 0.6 is 0 Å². The second-order valence-corrected chi connectivity index (χ2v) is 12.6. The van der Waals surface area contributed by atoms with Crippen LogP contribution in [0.15, 0.2) is 54.6 Å². The van der Waals surface area contributed by atoms with Gasteiger partial charge in [-0.25, -0.2) is 4.79 Å². The zero-order chi connectivity index (χ0) is 30.5. The monoisotopic (exact) mass is 577 g/mol. The van der Waals surface area contributed by atoms with Gasteiger partial charge in [0.15, 0.2) is 0 Å². The third-order valence-corrected chi connectivity index (χ3v) is 7.68. The molecule has 1 saturated carbocycles. The van der Waals surface area contributed by atoms with Crippen LogP contribution in [0.2, 0.25) is 0 Å². The number of unbranched alkanes of at least 4 members (excludes halogenated alkanes) is 3. The fourth-order valence-corrected chi connectivity index (χ4v) is 5.62. The van der Waals surface area contributed by atoms with Crippen LogP contribution in [0.1, 0.15) is 108 Å². The topological polar surface area (TPSA) is 87.7 Å². The molecule has 7 heteroatoms. The van der Waals surface area contributed by atoms with Crippen molar-refractivity contribution in [3.8, 4) is 0 Å². The van der Waals surface area contributed by atoms with Gasteiger partial charge in [0.25, 0.3) is 0 Å². The number of benzene rings is 2. The molecule has 1 aliphatic rings. The first-order valence-electron chi connectivity index (χ1n) is 15.8. The minimum Gasteiger partial charge on any atom is -0.444 e. The van der Waals surface area contributed by atoms with E-state index < -0.39 is 23.8 Å². The molecular formula is C35H51N3O4. The van der Waals surface area contributed by atoms with E-state index in [4.69, 9.17) is 4.74 Å². The molecule has 7 nitrogen and oxygen atoms in total. The van der Waals surface area contributed by atoms with Gasteiger partial charge in [0.05, 0.1) is 0 Å². The van der Waals surface area contributed by atoms with Crippen molar-refractivity contribution in [1.29, 1.82) is 0 Å². The number of rotatable bonds is 13. The summed E-state index contributed by atoms with van der Waals surface area (Å²) in [7, 11) is 0. The van der Waals surface area contributed by atoms with Crippen molar-refractivity contribution in [3.05, 3.63) is 71.3 Å². The van der Waals surface area contributed by atoms with Gasteiger partial charge in [0.1, 0.15) is 17.7 Å². The number of amides is 3. The van der Waals surface area contributed by atoms with E-state index in [1.807, 2.05) is 61.5 Å². The summed E-state index contributed by atoms with van der Waals surface area (Å²) in [5.74, 6) is -0.446. The Kier molecular flexibility index (Phi) is 12.9. The maximum absolute atomic E-state index is 14.6. The Hall–Kier alpha value is -3.35. The predicted molar refractivity (Wildman–Crippen MR) is 168 cm³/mol. The largest absolute Gasteiger partial charge is 0.444 e. The van der Waals surface area contributed by atoms with E-state index in [9.17, 15) is 14.4 Å². The van der Waals surface area contributed by atoms with E-state index in [2.05, 4.69) is 17.6 Å². The van der Waals surface area contributed by atoms with Crippen molar-refractivity contribution in [2.45, 2.75) is 123 Å². The third-order valence-electron chi connectivity index (χ3n) is 7.68. The lowest BCUT2D eigenvalue weighted by Gasteiger charge is -2.36. The van der Waals surface area contributed by atoms with E-state index in [0.29, 0.717) is 6.54 Å². The maximum Gasteiger partial charge on any atom is 0.408 e. The van der Waals surface area contributed by atoms with E-state index in [0.717, 1.165) is 68.1 Å². The summed E-state index contributed by atoms with van der Waals surface area (Å²) in [4.78, 5) is 43.4. The van der Waals surface area contributed by atoms with Gasteiger partial charge < -0.3 is 20.3 Å². The lowest BCUT2D eigenvalue weighted by Crippen LogP contribution is -2.54. The highest BCUT2D eigenvalue weighted by molar-refractivity contribution is 5.92. The van der Waals surface area contributed by atoms with Crippen LogP contribution < -0.4 is 10.6 Å². The normalized spacial score (nSPS) is 15.4. The second-order valence-electron chi connectivity index (χ2n) is 12.6. The molecule has 3 amide bonds. The first-order valence-corrected chi connectivity index (χ1v) is 15.8. The Morgan fingerprint density at radius 1 is 0.952 bits per heavy atom. The van der Waals surface area contributed by atoms with Crippen molar-refractivity contribution in [1.82, 2.24) is 15.5 Å². The highest BCUT2D eigenvalue weighted by atomic mass is 16.6. The number of nitrogens with zero attached hydrogens (tertiary/aromatic N) is 1. The molecule has 1 aliphatic carbocycles. The summed E-state index contributed by atoms with van der Waals surface area (Å²) in [5, 5.41) is 6.15. The molecular weight excluding hydrogens is 526 g/mol. The highest BCUT2D eigenvalue weighted by Crippen LogP contribution is 2.27. The van der Waals surface area contributed by atoms with Crippen molar-refractivity contribution >= 4 is 17.9 Å². The molecule has 0 saturated heterocycles. The van der Waals surface area contributed by atoms with Crippen LogP contribution in [0.4, 0.5) is 4.79 Å². The lowest BCUT2D eigenvalue weighted by atomic mass is 9.94. The molecule has 2 aromatic carbocycles. The van der Waals surface area contributed by atoms with Crippen LogP contribution in [0, 0.1) is 6.92 Å². The number of nitrogens with one attached hydrogen (secondary N) is 2. The number of aryl methyl sites for hydroxylation is 1. The molecule has 2 unspecified atom stereocenters. The van der Waals surface area contributed by atoms with Gasteiger partial charge >= 0.3 is 6.09 Å². The third kappa shape index (κ3) is 10.8. The van der Waals surface area contributed by atoms with Crippen molar-refractivity contribution in [2.24, 2.45) is 0 Å². The standard InChI is InChI=1S/C35H51N3O4/c1-6-7-8-15-23-38(31(28-20-16-17-26(2)24-28)32(39)36-29-21-13-10-14-22-29)33(40)30(25-27-18-11-9-12-19-27)37-34(41)42-35(3,4)5/h9,11-12,16-20,24,29-31H,6-8,10,13-15,21-23,25H2,1-5H3,(H,36,39)(H,37,41). The van der Waals surface area contributed by atoms with Crippen LogP contribution in [0.5, 0.6) is 0 Å². The minimum atomic E-state index is -0.900. The molecule has 2 atom stereocenters. The SMILES string of the molecule is CCCCCCN(C(=O)C(Cc1ccccc1)NC(=O)OC(C)(C)C)C(C(=O)NC1CCCCC1)c1cccc(C)c1. The molecule has 2 N–H and O–H groups in total. The van der Waals surface area contributed by atoms with Gasteiger partial charge in [-0.15, -0.1) is 0 Å². The van der Waals surface area contributed by atoms with Gasteiger partial charge in [-0.2, -0.15) is 0 Å². The predicted octanol–water partition coefficient (Wildman–Crippen LogP) is 7.03. The Balaban J connectivity index is 2.01. The van der Waals surface area contributed by atoms with Crippen molar-refractivity contribution < 1.29 is 19.1 Å². The van der Waals surface area contributed by atoms with Crippen LogP contribution in [-0.4, -0.2) is 47.0 Å². The van der Waals surface area contributed by atoms with Gasteiger partial charge in [-0.1, -0.05) is 106 Å². The molecule has 0 aromatic heterocycles. The summed E-state index contributed by atoms with van der Waals surface area (Å²) in [6.45, 7) is 9.95. The van der Waals surface area contributed by atoms with E-state index >= 15 is 0 Å². The Morgan fingerprint density at radius 2 is 1.67 bits per heavy atom. The van der Waals surface area contributed by atoms with Gasteiger partial charge in [0, 0.05) is 19.0 Å². The Morgan fingerprint density at radius 3 is 2.31 bits per heavy atom. The average Bonchev–Trinajstić information content (AvgIpc) is 2.94. The summed E-state index contributed by atoms with van der Waals surface area (Å²) in [6, 6.07) is 15.9. The van der Waals surface area contributed by atoms with Gasteiger partial charge in [-0.05, 0) is 58.1 Å². The fourth-order valence-electron chi connectivity index (χ4n) is 5.62. The zero-order valence-corrected chi connectivity index (χ0v) is 26.3. The Labute approximate surface area is 252 Å². The molecule has 0 radical (unpaired) electrons. The number of hydrogen-bond acceptors (Lipinski definition) is 4. The number of hydrogen-bond donors (Lipinski definition) is 2. The molecule has 2 aromatic rings. The van der Waals surface area contributed by atoms with Crippen LogP contribution in [-0.2, 0) is 20.7 Å². The van der Waals surface area contributed by atoms with E-state index in [1.165, 1.54) is 6.42 Å². The molecule has 0 aliphatic heterocycles. The fraction of sp³-hybridized carbons (Fsp3) is 0.571. The summed E-state index contributed by atoms with van der Waals surface area (Å²) in [6.07, 6.45) is 8.75. The minimum absolute atomic E-state index is 0.107. The number of alkyl carbamates (subject to hydrolysis) is 1. The molecule has 3 rings (SSSR count). The first-order chi connectivity index (χ1) is 20.1. The molecule has 42 heavy (non-hydrogen) atoms. The van der Waals surface area contributed by atoms with Crippen LogP contribution in [0.25, 0.3) is 0 Å². The van der Waals surface area contributed by atoms with Gasteiger partial charge in [0.2, 0.25) is 11.8 Å². The molecule has 1 fully saturated rings. The van der Waals surface area contributed by atoms with E-state index in [-0.39, 0.29) is 24.3 Å². The van der Waals surface area contributed by atoms with Gasteiger partial charge in [-0.3, -0.25) is 9.59 Å². The first kappa shape index (κ1) is 33.2. The van der Waals surface area contributed by atoms with E-state index in [1.54, 1.807) is 25.7 Å². The van der Waals surface area contributed by atoms with Crippen molar-refractivity contribution in [3.63, 3.8) is 0 Å².